The largest absolute Gasteiger partial charge is 0.478 e. The normalized spacial score (nSPS) is 15.2. The molecule has 3 nitrogen and oxygen atoms in total. The lowest BCUT2D eigenvalue weighted by Crippen LogP contribution is -2.19. The topological polar surface area (TPSA) is 40.5 Å². The highest BCUT2D eigenvalue weighted by Gasteiger charge is 2.21. The van der Waals surface area contributed by atoms with Gasteiger partial charge in [0.25, 0.3) is 0 Å². The molecule has 0 unspecified atom stereocenters. The second kappa shape index (κ2) is 5.32. The fourth-order valence-corrected chi connectivity index (χ4v) is 2.00. The number of hydrogen-bond acceptors (Lipinski definition) is 2. The highest BCUT2D eigenvalue weighted by Crippen LogP contribution is 2.32. The fraction of sp³-hybridized carbons (Fsp3) is 0.500. The minimum atomic E-state index is -0.854. The zero-order valence-corrected chi connectivity index (χ0v) is 10.2. The minimum absolute atomic E-state index is 0.373. The molecule has 1 N–H and O–H groups in total. The van der Waals surface area contributed by atoms with E-state index in [2.05, 4.69) is 11.9 Å². The number of benzene rings is 1. The summed E-state index contributed by atoms with van der Waals surface area (Å²) in [4.78, 5) is 13.1. The number of carboxylic acids is 1. The van der Waals surface area contributed by atoms with Gasteiger partial charge < -0.3 is 10.0 Å². The minimum Gasteiger partial charge on any atom is -0.478 e. The molecule has 1 saturated carbocycles. The van der Waals surface area contributed by atoms with E-state index in [1.54, 1.807) is 12.1 Å². The first-order valence-electron chi connectivity index (χ1n) is 6.16. The third-order valence-electron chi connectivity index (χ3n) is 3.24. The summed E-state index contributed by atoms with van der Waals surface area (Å²) in [6.45, 7) is 1.93. The maximum atomic E-state index is 10.8. The summed E-state index contributed by atoms with van der Waals surface area (Å²) in [5, 5.41) is 8.91. The Morgan fingerprint density at radius 3 is 2.88 bits per heavy atom. The summed E-state index contributed by atoms with van der Waals surface area (Å²) in [6, 6.07) is 7.19. The first kappa shape index (κ1) is 12.1. The highest BCUT2D eigenvalue weighted by atomic mass is 16.4. The average Bonchev–Trinajstić information content (AvgIpc) is 3.10. The van der Waals surface area contributed by atoms with Crippen LogP contribution >= 0.6 is 0 Å². The SMILES string of the molecule is CN(CCC1CC1)Cc1cccc(C(=O)O)c1. The van der Waals surface area contributed by atoms with E-state index in [-0.39, 0.29) is 0 Å². The van der Waals surface area contributed by atoms with Crippen molar-refractivity contribution in [1.29, 1.82) is 0 Å². The van der Waals surface area contributed by atoms with Crippen molar-refractivity contribution in [2.75, 3.05) is 13.6 Å². The molecule has 0 heterocycles. The van der Waals surface area contributed by atoms with E-state index in [0.29, 0.717) is 5.56 Å². The van der Waals surface area contributed by atoms with Crippen molar-refractivity contribution >= 4 is 5.97 Å². The first-order chi connectivity index (χ1) is 8.15. The van der Waals surface area contributed by atoms with Gasteiger partial charge in [-0.15, -0.1) is 0 Å². The van der Waals surface area contributed by atoms with E-state index in [0.717, 1.165) is 24.6 Å². The molecular weight excluding hydrogens is 214 g/mol. The molecule has 3 heteroatoms. The van der Waals surface area contributed by atoms with E-state index in [1.165, 1.54) is 19.3 Å². The van der Waals surface area contributed by atoms with Gasteiger partial charge in [0.15, 0.2) is 0 Å². The van der Waals surface area contributed by atoms with Crippen LogP contribution in [-0.2, 0) is 6.54 Å². The van der Waals surface area contributed by atoms with E-state index < -0.39 is 5.97 Å². The molecule has 92 valence electrons. The maximum Gasteiger partial charge on any atom is 0.335 e. The number of rotatable bonds is 6. The number of carboxylic acid groups (broad SMARTS) is 1. The summed E-state index contributed by atoms with van der Waals surface area (Å²) in [5.74, 6) is 0.0929. The predicted octanol–water partition coefficient (Wildman–Crippen LogP) is 2.62. The van der Waals surface area contributed by atoms with E-state index in [1.807, 2.05) is 12.1 Å². The van der Waals surface area contributed by atoms with Crippen LogP contribution in [0.3, 0.4) is 0 Å². The molecule has 0 amide bonds. The lowest BCUT2D eigenvalue weighted by molar-refractivity contribution is 0.0696. The van der Waals surface area contributed by atoms with Gasteiger partial charge >= 0.3 is 5.97 Å². The molecule has 0 spiro atoms. The molecule has 0 saturated heterocycles. The molecule has 0 aromatic heterocycles. The van der Waals surface area contributed by atoms with Crippen molar-refractivity contribution in [3.8, 4) is 0 Å². The molecule has 1 aromatic rings. The van der Waals surface area contributed by atoms with Gasteiger partial charge in [0, 0.05) is 6.54 Å². The van der Waals surface area contributed by atoms with Crippen LogP contribution < -0.4 is 0 Å². The van der Waals surface area contributed by atoms with Crippen LogP contribution in [0.25, 0.3) is 0 Å². The van der Waals surface area contributed by atoms with Gasteiger partial charge in [0.1, 0.15) is 0 Å². The third-order valence-corrected chi connectivity index (χ3v) is 3.24. The third kappa shape index (κ3) is 3.86. The van der Waals surface area contributed by atoms with Crippen molar-refractivity contribution in [3.05, 3.63) is 35.4 Å². The number of nitrogens with zero attached hydrogens (tertiary/aromatic N) is 1. The zero-order chi connectivity index (χ0) is 12.3. The van der Waals surface area contributed by atoms with Gasteiger partial charge in [0.05, 0.1) is 5.56 Å². The maximum absolute atomic E-state index is 10.8. The van der Waals surface area contributed by atoms with Crippen LogP contribution in [0.15, 0.2) is 24.3 Å². The zero-order valence-electron chi connectivity index (χ0n) is 10.2. The van der Waals surface area contributed by atoms with Crippen molar-refractivity contribution in [2.45, 2.75) is 25.8 Å². The number of carbonyl (C=O) groups is 1. The summed E-state index contributed by atoms with van der Waals surface area (Å²) in [5.41, 5.74) is 1.45. The molecule has 1 aromatic carbocycles. The van der Waals surface area contributed by atoms with Crippen molar-refractivity contribution in [1.82, 2.24) is 4.90 Å². The van der Waals surface area contributed by atoms with Crippen LogP contribution in [0.1, 0.15) is 35.2 Å². The molecule has 1 aliphatic carbocycles. The Morgan fingerprint density at radius 1 is 1.47 bits per heavy atom. The van der Waals surface area contributed by atoms with Crippen molar-refractivity contribution in [2.24, 2.45) is 5.92 Å². The lowest BCUT2D eigenvalue weighted by Gasteiger charge is -2.16. The summed E-state index contributed by atoms with van der Waals surface area (Å²) >= 11 is 0. The average molecular weight is 233 g/mol. The van der Waals surface area contributed by atoms with Gasteiger partial charge in [-0.2, -0.15) is 0 Å². The van der Waals surface area contributed by atoms with Gasteiger partial charge in [-0.3, -0.25) is 0 Å². The number of hydrogen-bond donors (Lipinski definition) is 1. The van der Waals surface area contributed by atoms with Gasteiger partial charge in [-0.05, 0) is 43.6 Å². The quantitative estimate of drug-likeness (QED) is 0.821. The Balaban J connectivity index is 1.87. The Kier molecular flexibility index (Phi) is 3.79. The van der Waals surface area contributed by atoms with Gasteiger partial charge in [-0.25, -0.2) is 4.79 Å². The molecule has 0 atom stereocenters. The van der Waals surface area contributed by atoms with Gasteiger partial charge in [-0.1, -0.05) is 25.0 Å². The first-order valence-corrected chi connectivity index (χ1v) is 6.16. The van der Waals surface area contributed by atoms with Crippen LogP contribution in [0, 0.1) is 5.92 Å². The molecule has 1 aliphatic rings. The molecule has 1 fully saturated rings. The molecule has 0 aliphatic heterocycles. The molecule has 17 heavy (non-hydrogen) atoms. The summed E-state index contributed by atoms with van der Waals surface area (Å²) in [7, 11) is 2.09. The summed E-state index contributed by atoms with van der Waals surface area (Å²) < 4.78 is 0. The van der Waals surface area contributed by atoms with Gasteiger partial charge in [0.2, 0.25) is 0 Å². The standard InChI is InChI=1S/C14H19NO2/c1-15(8-7-11-5-6-11)10-12-3-2-4-13(9-12)14(16)17/h2-4,9,11H,5-8,10H2,1H3,(H,16,17). The molecule has 0 bridgehead atoms. The monoisotopic (exact) mass is 233 g/mol. The van der Waals surface area contributed by atoms with Crippen molar-refractivity contribution in [3.63, 3.8) is 0 Å². The fourth-order valence-electron chi connectivity index (χ4n) is 2.00. The Labute approximate surface area is 102 Å². The van der Waals surface area contributed by atoms with E-state index in [4.69, 9.17) is 5.11 Å². The van der Waals surface area contributed by atoms with Crippen LogP contribution in [0.4, 0.5) is 0 Å². The number of aromatic carboxylic acids is 1. The molecular formula is C14H19NO2. The van der Waals surface area contributed by atoms with Crippen LogP contribution in [0.2, 0.25) is 0 Å². The second-order valence-corrected chi connectivity index (χ2v) is 4.98. The van der Waals surface area contributed by atoms with Crippen molar-refractivity contribution < 1.29 is 9.90 Å². The lowest BCUT2D eigenvalue weighted by atomic mass is 10.1. The van der Waals surface area contributed by atoms with Crippen LogP contribution in [-0.4, -0.2) is 29.6 Å². The smallest absolute Gasteiger partial charge is 0.335 e. The Bertz CT molecular complexity index is 399. The van der Waals surface area contributed by atoms with Crippen LogP contribution in [0.5, 0.6) is 0 Å². The van der Waals surface area contributed by atoms with E-state index >= 15 is 0 Å². The molecule has 2 rings (SSSR count). The highest BCUT2D eigenvalue weighted by molar-refractivity contribution is 5.87. The summed E-state index contributed by atoms with van der Waals surface area (Å²) in [6.07, 6.45) is 4.06. The van der Waals surface area contributed by atoms with E-state index in [9.17, 15) is 4.79 Å². The molecule has 0 radical (unpaired) electrons. The predicted molar refractivity (Wildman–Crippen MR) is 67.1 cm³/mol. The Morgan fingerprint density at radius 2 is 2.24 bits per heavy atom. The Hall–Kier alpha value is -1.35. The second-order valence-electron chi connectivity index (χ2n) is 4.98.